The molecule has 0 fully saturated rings. The first-order valence-electron chi connectivity index (χ1n) is 4.52. The van der Waals surface area contributed by atoms with Gasteiger partial charge in [-0.3, -0.25) is 4.79 Å². The van der Waals surface area contributed by atoms with Crippen LogP contribution in [0.3, 0.4) is 0 Å². The Morgan fingerprint density at radius 3 is 1.94 bits per heavy atom. The fourth-order valence-electron chi connectivity index (χ4n) is 1.02. The second-order valence-corrected chi connectivity index (χ2v) is 4.03. The lowest BCUT2D eigenvalue weighted by molar-refractivity contribution is -0.165. The fraction of sp³-hybridized carbons (Fsp3) is 0.875. The van der Waals surface area contributed by atoms with Crippen molar-refractivity contribution in [2.75, 3.05) is 18.4 Å². The van der Waals surface area contributed by atoms with Crippen LogP contribution >= 0.6 is 15.9 Å². The zero-order chi connectivity index (χ0) is 13.7. The summed E-state index contributed by atoms with van der Waals surface area (Å²) in [5, 5.41) is 0.0703. The Bertz CT molecular complexity index is 251. The number of hydrogen-bond donors (Lipinski definition) is 0. The Balaban J connectivity index is 4.35. The van der Waals surface area contributed by atoms with Crippen LogP contribution in [0.25, 0.3) is 0 Å². The van der Waals surface area contributed by atoms with Crippen molar-refractivity contribution in [3.8, 4) is 0 Å². The molecule has 0 aromatic carbocycles. The van der Waals surface area contributed by atoms with Gasteiger partial charge in [-0.15, -0.1) is 0 Å². The van der Waals surface area contributed by atoms with E-state index in [4.69, 9.17) is 0 Å². The fourth-order valence-corrected chi connectivity index (χ4v) is 1.45. The Morgan fingerprint density at radius 2 is 1.59 bits per heavy atom. The number of alkyl halides is 7. The van der Waals surface area contributed by atoms with Crippen molar-refractivity contribution in [3.63, 3.8) is 0 Å². The van der Waals surface area contributed by atoms with E-state index in [0.29, 0.717) is 4.90 Å². The average molecular weight is 330 g/mol. The SMILES string of the molecule is O=C(CCC(F)(F)F)N(CCBr)CC(F)(F)F. The van der Waals surface area contributed by atoms with Gasteiger partial charge in [-0.25, -0.2) is 0 Å². The van der Waals surface area contributed by atoms with E-state index in [-0.39, 0.29) is 11.9 Å². The van der Waals surface area contributed by atoms with Gasteiger partial charge in [0.25, 0.3) is 0 Å². The number of rotatable bonds is 5. The maximum Gasteiger partial charge on any atom is 0.406 e. The molecular formula is C8H10BrF6NO. The van der Waals surface area contributed by atoms with E-state index in [1.165, 1.54) is 0 Å². The van der Waals surface area contributed by atoms with Gasteiger partial charge in [0.1, 0.15) is 6.54 Å². The van der Waals surface area contributed by atoms with E-state index < -0.39 is 37.6 Å². The van der Waals surface area contributed by atoms with Crippen LogP contribution in [0.2, 0.25) is 0 Å². The second-order valence-electron chi connectivity index (χ2n) is 3.23. The first kappa shape index (κ1) is 16.5. The molecule has 0 aliphatic heterocycles. The average Bonchev–Trinajstić information content (AvgIpc) is 2.10. The monoisotopic (exact) mass is 329 g/mol. The molecule has 0 rings (SSSR count). The molecular weight excluding hydrogens is 320 g/mol. The Morgan fingerprint density at radius 1 is 1.06 bits per heavy atom. The third-order valence-electron chi connectivity index (χ3n) is 1.70. The van der Waals surface area contributed by atoms with Crippen molar-refractivity contribution in [3.05, 3.63) is 0 Å². The number of amides is 1. The highest BCUT2D eigenvalue weighted by Crippen LogP contribution is 2.23. The molecule has 9 heteroatoms. The minimum atomic E-state index is -4.62. The van der Waals surface area contributed by atoms with E-state index >= 15 is 0 Å². The molecule has 0 atom stereocenters. The van der Waals surface area contributed by atoms with Gasteiger partial charge in [0.2, 0.25) is 5.91 Å². The molecule has 0 spiro atoms. The van der Waals surface area contributed by atoms with Gasteiger partial charge < -0.3 is 4.90 Å². The molecule has 0 radical (unpaired) electrons. The molecule has 0 aromatic rings. The van der Waals surface area contributed by atoms with E-state index in [2.05, 4.69) is 15.9 Å². The van der Waals surface area contributed by atoms with Gasteiger partial charge in [-0.1, -0.05) is 15.9 Å². The van der Waals surface area contributed by atoms with Gasteiger partial charge in [0, 0.05) is 18.3 Å². The van der Waals surface area contributed by atoms with Crippen molar-refractivity contribution in [1.29, 1.82) is 0 Å². The Hall–Kier alpha value is -0.470. The van der Waals surface area contributed by atoms with Gasteiger partial charge in [-0.2, -0.15) is 26.3 Å². The molecule has 0 saturated carbocycles. The first-order chi connectivity index (χ1) is 7.55. The van der Waals surface area contributed by atoms with Gasteiger partial charge >= 0.3 is 12.4 Å². The van der Waals surface area contributed by atoms with Crippen molar-refractivity contribution >= 4 is 21.8 Å². The lowest BCUT2D eigenvalue weighted by Crippen LogP contribution is -2.40. The molecule has 0 bridgehead atoms. The highest BCUT2D eigenvalue weighted by molar-refractivity contribution is 9.09. The van der Waals surface area contributed by atoms with E-state index in [1.54, 1.807) is 0 Å². The van der Waals surface area contributed by atoms with E-state index in [9.17, 15) is 31.1 Å². The highest BCUT2D eigenvalue weighted by Gasteiger charge is 2.34. The van der Waals surface area contributed by atoms with Crippen LogP contribution < -0.4 is 0 Å². The molecule has 102 valence electrons. The van der Waals surface area contributed by atoms with Crippen LogP contribution in [0, 0.1) is 0 Å². The summed E-state index contributed by atoms with van der Waals surface area (Å²) in [6, 6.07) is 0. The molecule has 0 aromatic heterocycles. The van der Waals surface area contributed by atoms with Crippen LogP contribution in [0.5, 0.6) is 0 Å². The predicted octanol–water partition coefficient (Wildman–Crippen LogP) is 3.11. The maximum atomic E-state index is 12.0. The summed E-state index contributed by atoms with van der Waals surface area (Å²) >= 11 is 2.83. The minimum Gasteiger partial charge on any atom is -0.333 e. The molecule has 0 aliphatic carbocycles. The summed E-state index contributed by atoms with van der Waals surface area (Å²) in [5.41, 5.74) is 0. The Kier molecular flexibility index (Phi) is 6.28. The molecule has 1 amide bonds. The number of carbonyl (C=O) groups is 1. The molecule has 0 saturated heterocycles. The standard InChI is InChI=1S/C8H10BrF6NO/c9-3-4-16(5-8(13,14)15)6(17)1-2-7(10,11)12/h1-5H2. The number of carbonyl (C=O) groups excluding carboxylic acids is 1. The van der Waals surface area contributed by atoms with E-state index in [1.807, 2.05) is 0 Å². The Labute approximate surface area is 102 Å². The minimum absolute atomic E-state index is 0.0703. The summed E-state index contributed by atoms with van der Waals surface area (Å²) in [7, 11) is 0. The van der Waals surface area contributed by atoms with Crippen LogP contribution in [-0.4, -0.2) is 41.6 Å². The number of nitrogens with zero attached hydrogens (tertiary/aromatic N) is 1. The molecule has 17 heavy (non-hydrogen) atoms. The van der Waals surface area contributed by atoms with E-state index in [0.717, 1.165) is 0 Å². The lowest BCUT2D eigenvalue weighted by Gasteiger charge is -2.23. The lowest BCUT2D eigenvalue weighted by atomic mass is 10.2. The van der Waals surface area contributed by atoms with Crippen LogP contribution in [0.4, 0.5) is 26.3 Å². The van der Waals surface area contributed by atoms with Crippen molar-refractivity contribution in [2.45, 2.75) is 25.2 Å². The second kappa shape index (κ2) is 6.46. The van der Waals surface area contributed by atoms with Gasteiger partial charge in [0.05, 0.1) is 6.42 Å². The molecule has 2 nitrogen and oxygen atoms in total. The maximum absolute atomic E-state index is 12.0. The summed E-state index contributed by atoms with van der Waals surface area (Å²) in [4.78, 5) is 11.5. The van der Waals surface area contributed by atoms with Crippen molar-refractivity contribution in [2.24, 2.45) is 0 Å². The molecule has 0 N–H and O–H groups in total. The van der Waals surface area contributed by atoms with Crippen LogP contribution in [0.15, 0.2) is 0 Å². The van der Waals surface area contributed by atoms with Crippen LogP contribution in [-0.2, 0) is 4.79 Å². The molecule has 0 aliphatic rings. The largest absolute Gasteiger partial charge is 0.406 e. The summed E-state index contributed by atoms with van der Waals surface area (Å²) in [5.74, 6) is -1.15. The summed E-state index contributed by atoms with van der Waals surface area (Å²) in [6.45, 7) is -1.81. The number of halogens is 7. The van der Waals surface area contributed by atoms with Gasteiger partial charge in [0.15, 0.2) is 0 Å². The van der Waals surface area contributed by atoms with Crippen molar-refractivity contribution in [1.82, 2.24) is 4.90 Å². The molecule has 0 unspecified atom stereocenters. The highest BCUT2D eigenvalue weighted by atomic mass is 79.9. The summed E-state index contributed by atoms with van der Waals surface area (Å²) < 4.78 is 71.5. The zero-order valence-corrected chi connectivity index (χ0v) is 10.1. The third kappa shape index (κ3) is 9.25. The third-order valence-corrected chi connectivity index (χ3v) is 2.05. The first-order valence-corrected chi connectivity index (χ1v) is 5.64. The molecule has 0 heterocycles. The van der Waals surface area contributed by atoms with Gasteiger partial charge in [-0.05, 0) is 0 Å². The van der Waals surface area contributed by atoms with Crippen LogP contribution in [0.1, 0.15) is 12.8 Å². The smallest absolute Gasteiger partial charge is 0.333 e. The normalized spacial score (nSPS) is 12.6. The number of hydrogen-bond acceptors (Lipinski definition) is 1. The topological polar surface area (TPSA) is 20.3 Å². The quantitative estimate of drug-likeness (QED) is 0.560. The van der Waals surface area contributed by atoms with Crippen molar-refractivity contribution < 1.29 is 31.1 Å². The predicted molar refractivity (Wildman–Crippen MR) is 51.7 cm³/mol. The zero-order valence-electron chi connectivity index (χ0n) is 8.54. The summed E-state index contributed by atoms with van der Waals surface area (Å²) in [6.07, 6.45) is -11.5.